The van der Waals surface area contributed by atoms with Crippen LogP contribution in [0.25, 0.3) is 0 Å². The molecule has 0 aliphatic rings. The van der Waals surface area contributed by atoms with Gasteiger partial charge in [-0.05, 0) is 25.1 Å². The van der Waals surface area contributed by atoms with Crippen LogP contribution in [0.3, 0.4) is 0 Å². The summed E-state index contributed by atoms with van der Waals surface area (Å²) < 4.78 is 44.5. The molecule has 0 saturated carbocycles. The first-order chi connectivity index (χ1) is 9.38. The number of hydrogen-bond acceptors (Lipinski definition) is 3. The number of nitro groups is 1. The molecule has 4 nitrogen and oxygen atoms in total. The summed E-state index contributed by atoms with van der Waals surface area (Å²) in [6.45, 7) is 1.41. The van der Waals surface area contributed by atoms with Gasteiger partial charge in [0.15, 0.2) is 23.2 Å². The third-order valence-corrected chi connectivity index (χ3v) is 2.57. The molecule has 0 aromatic heterocycles. The van der Waals surface area contributed by atoms with Crippen molar-refractivity contribution in [3.8, 4) is 11.5 Å². The molecular formula is C13H8F3NO3. The Morgan fingerprint density at radius 3 is 2.35 bits per heavy atom. The lowest BCUT2D eigenvalue weighted by Gasteiger charge is -2.08. The summed E-state index contributed by atoms with van der Waals surface area (Å²) in [6, 6.07) is 4.54. The van der Waals surface area contributed by atoms with E-state index in [1.807, 2.05) is 0 Å². The minimum absolute atomic E-state index is 0.115. The maximum Gasteiger partial charge on any atom is 0.275 e. The van der Waals surface area contributed by atoms with Gasteiger partial charge in [-0.2, -0.15) is 0 Å². The van der Waals surface area contributed by atoms with E-state index in [1.165, 1.54) is 6.92 Å². The number of nitro benzene ring substituents is 1. The van der Waals surface area contributed by atoms with E-state index in [9.17, 15) is 23.3 Å². The molecule has 2 aromatic rings. The van der Waals surface area contributed by atoms with Crippen molar-refractivity contribution in [2.45, 2.75) is 6.92 Å². The molecule has 7 heteroatoms. The molecule has 20 heavy (non-hydrogen) atoms. The number of ether oxygens (including phenoxy) is 1. The zero-order valence-corrected chi connectivity index (χ0v) is 10.2. The van der Waals surface area contributed by atoms with Crippen molar-refractivity contribution in [2.75, 3.05) is 0 Å². The molecule has 0 amide bonds. The van der Waals surface area contributed by atoms with Crippen LogP contribution in [-0.2, 0) is 0 Å². The highest BCUT2D eigenvalue weighted by atomic mass is 19.2. The first-order valence-corrected chi connectivity index (χ1v) is 5.46. The molecular weight excluding hydrogens is 275 g/mol. The molecule has 0 radical (unpaired) electrons. The minimum atomic E-state index is -1.14. The van der Waals surface area contributed by atoms with Gasteiger partial charge in [-0.3, -0.25) is 10.1 Å². The van der Waals surface area contributed by atoms with E-state index in [0.717, 1.165) is 24.3 Å². The highest BCUT2D eigenvalue weighted by Gasteiger charge is 2.17. The second kappa shape index (κ2) is 5.20. The first-order valence-electron chi connectivity index (χ1n) is 5.46. The second-order valence-electron chi connectivity index (χ2n) is 4.00. The van der Waals surface area contributed by atoms with E-state index >= 15 is 0 Å². The predicted octanol–water partition coefficient (Wildman–Crippen LogP) is 4.11. The zero-order chi connectivity index (χ0) is 14.9. The molecule has 2 aromatic carbocycles. The monoisotopic (exact) mass is 283 g/mol. The van der Waals surface area contributed by atoms with Crippen LogP contribution in [0.15, 0.2) is 30.3 Å². The van der Waals surface area contributed by atoms with Crippen molar-refractivity contribution in [3.63, 3.8) is 0 Å². The van der Waals surface area contributed by atoms with Gasteiger partial charge in [0.05, 0.1) is 11.0 Å². The molecule has 0 N–H and O–H groups in total. The van der Waals surface area contributed by atoms with Crippen LogP contribution in [0.4, 0.5) is 18.9 Å². The minimum Gasteiger partial charge on any atom is -0.454 e. The average molecular weight is 283 g/mol. The standard InChI is InChI=1S/C13H8F3NO3/c1-7-4-13(11(16)6-12(7)17(18)19)20-8-2-3-9(14)10(15)5-8/h2-6H,1H3. The zero-order valence-electron chi connectivity index (χ0n) is 10.2. The van der Waals surface area contributed by atoms with Crippen molar-refractivity contribution in [1.29, 1.82) is 0 Å². The Bertz CT molecular complexity index is 689. The Morgan fingerprint density at radius 1 is 1.05 bits per heavy atom. The van der Waals surface area contributed by atoms with Crippen molar-refractivity contribution in [1.82, 2.24) is 0 Å². The summed E-state index contributed by atoms with van der Waals surface area (Å²) in [6.07, 6.45) is 0. The Kier molecular flexibility index (Phi) is 3.60. The van der Waals surface area contributed by atoms with Gasteiger partial charge >= 0.3 is 0 Å². The summed E-state index contributed by atoms with van der Waals surface area (Å²) in [7, 11) is 0. The quantitative estimate of drug-likeness (QED) is 0.629. The van der Waals surface area contributed by atoms with E-state index in [-0.39, 0.29) is 22.7 Å². The number of nitrogens with zero attached hydrogens (tertiary/aromatic N) is 1. The molecule has 0 heterocycles. The largest absolute Gasteiger partial charge is 0.454 e. The van der Waals surface area contributed by atoms with Gasteiger partial charge in [0.1, 0.15) is 5.75 Å². The van der Waals surface area contributed by atoms with Crippen LogP contribution < -0.4 is 4.74 Å². The Labute approximate surface area is 111 Å². The summed E-state index contributed by atoms with van der Waals surface area (Å²) in [4.78, 5) is 9.91. The van der Waals surface area contributed by atoms with Gasteiger partial charge in [-0.15, -0.1) is 0 Å². The molecule has 0 fully saturated rings. The van der Waals surface area contributed by atoms with Gasteiger partial charge in [-0.25, -0.2) is 13.2 Å². The molecule has 0 saturated heterocycles. The fourth-order valence-corrected chi connectivity index (χ4v) is 1.59. The molecule has 0 spiro atoms. The van der Waals surface area contributed by atoms with E-state index in [1.54, 1.807) is 0 Å². The fraction of sp³-hybridized carbons (Fsp3) is 0.0769. The van der Waals surface area contributed by atoms with Crippen LogP contribution >= 0.6 is 0 Å². The normalized spacial score (nSPS) is 10.4. The van der Waals surface area contributed by atoms with Crippen LogP contribution in [0, 0.1) is 34.5 Å². The van der Waals surface area contributed by atoms with Crippen LogP contribution in [-0.4, -0.2) is 4.92 Å². The number of halogens is 3. The number of rotatable bonds is 3. The van der Waals surface area contributed by atoms with E-state index in [4.69, 9.17) is 4.74 Å². The van der Waals surface area contributed by atoms with Crippen molar-refractivity contribution in [3.05, 3.63) is 63.5 Å². The topological polar surface area (TPSA) is 52.4 Å². The third kappa shape index (κ3) is 2.71. The third-order valence-electron chi connectivity index (χ3n) is 2.57. The van der Waals surface area contributed by atoms with Gasteiger partial charge in [-0.1, -0.05) is 0 Å². The van der Waals surface area contributed by atoms with Crippen molar-refractivity contribution >= 4 is 5.69 Å². The second-order valence-corrected chi connectivity index (χ2v) is 4.00. The number of aryl methyl sites for hydroxylation is 1. The Morgan fingerprint density at radius 2 is 1.75 bits per heavy atom. The lowest BCUT2D eigenvalue weighted by atomic mass is 10.2. The number of hydrogen-bond donors (Lipinski definition) is 0. The summed E-state index contributed by atoms with van der Waals surface area (Å²) in [5, 5.41) is 10.6. The molecule has 2 rings (SSSR count). The molecule has 0 atom stereocenters. The van der Waals surface area contributed by atoms with Gasteiger partial charge in [0.2, 0.25) is 0 Å². The van der Waals surface area contributed by atoms with E-state index < -0.39 is 22.4 Å². The first kappa shape index (κ1) is 13.9. The SMILES string of the molecule is Cc1cc(Oc2ccc(F)c(F)c2)c(F)cc1[N+](=O)[O-]. The predicted molar refractivity (Wildman–Crippen MR) is 64.2 cm³/mol. The Hall–Kier alpha value is -2.57. The summed E-state index contributed by atoms with van der Waals surface area (Å²) in [5.74, 6) is -3.58. The van der Waals surface area contributed by atoms with E-state index in [0.29, 0.717) is 6.07 Å². The smallest absolute Gasteiger partial charge is 0.275 e. The average Bonchev–Trinajstić information content (AvgIpc) is 2.37. The Balaban J connectivity index is 2.36. The highest BCUT2D eigenvalue weighted by molar-refractivity contribution is 5.46. The highest BCUT2D eigenvalue weighted by Crippen LogP contribution is 2.30. The fourth-order valence-electron chi connectivity index (χ4n) is 1.59. The summed E-state index contributed by atoms with van der Waals surface area (Å²) >= 11 is 0. The lowest BCUT2D eigenvalue weighted by Crippen LogP contribution is -1.96. The van der Waals surface area contributed by atoms with Crippen molar-refractivity contribution < 1.29 is 22.8 Å². The van der Waals surface area contributed by atoms with Gasteiger partial charge < -0.3 is 4.74 Å². The van der Waals surface area contributed by atoms with Crippen LogP contribution in [0.2, 0.25) is 0 Å². The van der Waals surface area contributed by atoms with Crippen LogP contribution in [0.5, 0.6) is 11.5 Å². The van der Waals surface area contributed by atoms with Crippen LogP contribution in [0.1, 0.15) is 5.56 Å². The molecule has 0 unspecified atom stereocenters. The lowest BCUT2D eigenvalue weighted by molar-refractivity contribution is -0.385. The van der Waals surface area contributed by atoms with E-state index in [2.05, 4.69) is 0 Å². The maximum absolute atomic E-state index is 13.7. The molecule has 0 aliphatic heterocycles. The summed E-state index contributed by atoms with van der Waals surface area (Å²) in [5.41, 5.74) is -0.200. The molecule has 0 bridgehead atoms. The van der Waals surface area contributed by atoms with Gasteiger partial charge in [0.25, 0.3) is 5.69 Å². The molecule has 0 aliphatic carbocycles. The van der Waals surface area contributed by atoms with Crippen molar-refractivity contribution in [2.24, 2.45) is 0 Å². The van der Waals surface area contributed by atoms with Gasteiger partial charge in [0, 0.05) is 11.6 Å². The number of benzene rings is 2. The maximum atomic E-state index is 13.7. The molecule has 104 valence electrons.